The van der Waals surface area contributed by atoms with Crippen LogP contribution in [0.5, 0.6) is 5.75 Å². The first-order valence-electron chi connectivity index (χ1n) is 8.24. The predicted octanol–water partition coefficient (Wildman–Crippen LogP) is 3.19. The molecule has 5 nitrogen and oxygen atoms in total. The van der Waals surface area contributed by atoms with Crippen LogP contribution in [0.4, 0.5) is 4.39 Å². The number of ether oxygens (including phenoxy) is 2. The number of hydrogen-bond donors (Lipinski definition) is 2. The van der Waals surface area contributed by atoms with E-state index < -0.39 is 0 Å². The maximum atomic E-state index is 12.8. The third-order valence-corrected chi connectivity index (χ3v) is 2.96. The monoisotopic (exact) mass is 453 g/mol. The minimum absolute atomic E-state index is 0. The third kappa shape index (κ3) is 11.4. The molecule has 1 rings (SSSR count). The second kappa shape index (κ2) is 15.4. The summed E-state index contributed by atoms with van der Waals surface area (Å²) < 4.78 is 23.6. The van der Waals surface area contributed by atoms with Crippen molar-refractivity contribution in [2.45, 2.75) is 26.7 Å². The summed E-state index contributed by atoms with van der Waals surface area (Å²) in [5.41, 5.74) is 0. The van der Waals surface area contributed by atoms with Gasteiger partial charge in [-0.05, 0) is 44.5 Å². The van der Waals surface area contributed by atoms with Gasteiger partial charge in [-0.1, -0.05) is 0 Å². The van der Waals surface area contributed by atoms with Gasteiger partial charge in [0.2, 0.25) is 0 Å². The van der Waals surface area contributed by atoms with Crippen LogP contribution in [0.2, 0.25) is 0 Å². The molecule has 138 valence electrons. The van der Waals surface area contributed by atoms with E-state index in [-0.39, 0.29) is 29.8 Å². The highest BCUT2D eigenvalue weighted by Crippen LogP contribution is 2.10. The van der Waals surface area contributed by atoms with E-state index in [4.69, 9.17) is 9.47 Å². The molecule has 7 heteroatoms. The van der Waals surface area contributed by atoms with Gasteiger partial charge in [0.05, 0.1) is 6.61 Å². The number of benzene rings is 1. The average Bonchev–Trinajstić information content (AvgIpc) is 2.56. The van der Waals surface area contributed by atoms with Gasteiger partial charge in [-0.3, -0.25) is 4.99 Å². The normalized spacial score (nSPS) is 10.9. The summed E-state index contributed by atoms with van der Waals surface area (Å²) in [6.45, 7) is 8.42. The van der Waals surface area contributed by atoms with Gasteiger partial charge in [-0.15, -0.1) is 24.0 Å². The van der Waals surface area contributed by atoms with E-state index in [1.807, 2.05) is 13.8 Å². The number of guanidine groups is 1. The molecule has 2 N–H and O–H groups in total. The van der Waals surface area contributed by atoms with Crippen molar-refractivity contribution in [1.29, 1.82) is 0 Å². The topological polar surface area (TPSA) is 54.9 Å². The molecular formula is C17H29FIN3O2. The molecule has 0 radical (unpaired) electrons. The molecule has 0 atom stereocenters. The fourth-order valence-electron chi connectivity index (χ4n) is 1.84. The molecule has 0 heterocycles. The molecule has 1 aromatic rings. The van der Waals surface area contributed by atoms with Crippen molar-refractivity contribution in [3.8, 4) is 5.75 Å². The summed E-state index contributed by atoms with van der Waals surface area (Å²) >= 11 is 0. The fourth-order valence-corrected chi connectivity index (χ4v) is 1.84. The van der Waals surface area contributed by atoms with Crippen molar-refractivity contribution in [3.63, 3.8) is 0 Å². The minimum Gasteiger partial charge on any atom is -0.494 e. The van der Waals surface area contributed by atoms with Crippen LogP contribution in [0.1, 0.15) is 26.7 Å². The second-order valence-electron chi connectivity index (χ2n) is 4.89. The maximum absolute atomic E-state index is 12.8. The molecule has 0 aliphatic rings. The Labute approximate surface area is 161 Å². The lowest BCUT2D eigenvalue weighted by atomic mass is 10.3. The summed E-state index contributed by atoms with van der Waals surface area (Å²) in [4.78, 5) is 4.49. The van der Waals surface area contributed by atoms with Crippen LogP contribution in [0.3, 0.4) is 0 Å². The van der Waals surface area contributed by atoms with E-state index >= 15 is 0 Å². The zero-order valence-electron chi connectivity index (χ0n) is 14.5. The van der Waals surface area contributed by atoms with Crippen LogP contribution in [-0.4, -0.2) is 45.4 Å². The lowest BCUT2D eigenvalue weighted by Crippen LogP contribution is -2.38. The van der Waals surface area contributed by atoms with Gasteiger partial charge in [0.15, 0.2) is 5.96 Å². The summed E-state index contributed by atoms with van der Waals surface area (Å²) in [6, 6.07) is 6.04. The Morgan fingerprint density at radius 1 is 1.08 bits per heavy atom. The van der Waals surface area contributed by atoms with Gasteiger partial charge in [-0.2, -0.15) is 0 Å². The largest absolute Gasteiger partial charge is 0.494 e. The zero-order chi connectivity index (χ0) is 16.8. The van der Waals surface area contributed by atoms with Gasteiger partial charge >= 0.3 is 0 Å². The maximum Gasteiger partial charge on any atom is 0.191 e. The predicted molar refractivity (Wildman–Crippen MR) is 107 cm³/mol. The van der Waals surface area contributed by atoms with Crippen molar-refractivity contribution in [1.82, 2.24) is 10.6 Å². The molecule has 0 spiro atoms. The molecule has 0 fully saturated rings. The Bertz CT molecular complexity index is 444. The van der Waals surface area contributed by atoms with E-state index in [9.17, 15) is 4.39 Å². The molecule has 0 saturated heterocycles. The standard InChI is InChI=1S/C17H28FN3O2.HI/c1-3-19-17(20-11-5-13-22-4-2)21-12-6-14-23-16-9-7-15(18)8-10-16;/h7-10H,3-6,11-14H2,1-2H3,(H2,19,20,21);1H. The van der Waals surface area contributed by atoms with Crippen LogP contribution >= 0.6 is 24.0 Å². The molecular weight excluding hydrogens is 424 g/mol. The van der Waals surface area contributed by atoms with Crippen molar-refractivity contribution < 1.29 is 13.9 Å². The number of aliphatic imine (C=N–C) groups is 1. The third-order valence-electron chi connectivity index (χ3n) is 2.96. The van der Waals surface area contributed by atoms with Crippen molar-refractivity contribution >= 4 is 29.9 Å². The van der Waals surface area contributed by atoms with Crippen LogP contribution in [-0.2, 0) is 4.74 Å². The summed E-state index contributed by atoms with van der Waals surface area (Å²) in [6.07, 6.45) is 1.75. The Balaban J connectivity index is 0.00000529. The van der Waals surface area contributed by atoms with E-state index in [2.05, 4.69) is 15.6 Å². The first kappa shape index (κ1) is 22.9. The molecule has 0 aliphatic heterocycles. The highest BCUT2D eigenvalue weighted by atomic mass is 127. The molecule has 0 bridgehead atoms. The highest BCUT2D eigenvalue weighted by molar-refractivity contribution is 14.0. The summed E-state index contributed by atoms with van der Waals surface area (Å²) in [5.74, 6) is 1.23. The quantitative estimate of drug-likeness (QED) is 0.234. The summed E-state index contributed by atoms with van der Waals surface area (Å²) in [5, 5.41) is 6.47. The Kier molecular flexibility index (Phi) is 14.7. The van der Waals surface area contributed by atoms with Crippen molar-refractivity contribution in [2.24, 2.45) is 4.99 Å². The Hall–Kier alpha value is -1.09. The molecule has 0 unspecified atom stereocenters. The fraction of sp³-hybridized carbons (Fsp3) is 0.588. The smallest absolute Gasteiger partial charge is 0.191 e. The minimum atomic E-state index is -0.257. The van der Waals surface area contributed by atoms with Crippen LogP contribution < -0.4 is 15.4 Å². The van der Waals surface area contributed by atoms with Crippen LogP contribution in [0.25, 0.3) is 0 Å². The molecule has 24 heavy (non-hydrogen) atoms. The second-order valence-corrected chi connectivity index (χ2v) is 4.89. The molecule has 1 aromatic carbocycles. The van der Waals surface area contributed by atoms with E-state index in [1.54, 1.807) is 12.1 Å². The number of nitrogens with zero attached hydrogens (tertiary/aromatic N) is 1. The van der Waals surface area contributed by atoms with Crippen molar-refractivity contribution in [3.05, 3.63) is 30.1 Å². The van der Waals surface area contributed by atoms with E-state index in [0.29, 0.717) is 18.9 Å². The lowest BCUT2D eigenvalue weighted by molar-refractivity contribution is 0.145. The number of rotatable bonds is 11. The molecule has 0 saturated carbocycles. The first-order chi connectivity index (χ1) is 11.3. The van der Waals surface area contributed by atoms with Gasteiger partial charge in [0.25, 0.3) is 0 Å². The SMILES string of the molecule is CCNC(=NCCCOc1ccc(F)cc1)NCCCOCC.I. The lowest BCUT2D eigenvalue weighted by Gasteiger charge is -2.11. The Morgan fingerprint density at radius 2 is 1.83 bits per heavy atom. The average molecular weight is 453 g/mol. The van der Waals surface area contributed by atoms with Gasteiger partial charge in [0, 0.05) is 39.3 Å². The molecule has 0 aromatic heterocycles. The van der Waals surface area contributed by atoms with Crippen LogP contribution in [0, 0.1) is 5.82 Å². The highest BCUT2D eigenvalue weighted by Gasteiger charge is 1.97. The molecule has 0 aliphatic carbocycles. The first-order valence-corrected chi connectivity index (χ1v) is 8.24. The Morgan fingerprint density at radius 3 is 2.50 bits per heavy atom. The number of hydrogen-bond acceptors (Lipinski definition) is 3. The van der Waals surface area contributed by atoms with Crippen LogP contribution in [0.15, 0.2) is 29.3 Å². The van der Waals surface area contributed by atoms with Gasteiger partial charge in [0.1, 0.15) is 11.6 Å². The van der Waals surface area contributed by atoms with Gasteiger partial charge < -0.3 is 20.1 Å². The molecule has 0 amide bonds. The van der Waals surface area contributed by atoms with E-state index in [1.165, 1.54) is 12.1 Å². The number of nitrogens with one attached hydrogen (secondary N) is 2. The van der Waals surface area contributed by atoms with Crippen molar-refractivity contribution in [2.75, 3.05) is 39.5 Å². The summed E-state index contributed by atoms with van der Waals surface area (Å²) in [7, 11) is 0. The van der Waals surface area contributed by atoms with Gasteiger partial charge in [-0.25, -0.2) is 4.39 Å². The van der Waals surface area contributed by atoms with E-state index in [0.717, 1.165) is 45.1 Å². The number of halogens is 2. The zero-order valence-corrected chi connectivity index (χ0v) is 16.8.